The quantitative estimate of drug-likeness (QED) is 0.730. The fourth-order valence-electron chi connectivity index (χ4n) is 4.20. The van der Waals surface area contributed by atoms with E-state index in [1.165, 1.54) is 12.1 Å². The number of likely N-dealkylation sites (tertiary alicyclic amines) is 2. The molecule has 2 amide bonds. The third-order valence-electron chi connectivity index (χ3n) is 5.90. The summed E-state index contributed by atoms with van der Waals surface area (Å²) in [4.78, 5) is 28.9. The number of rotatable bonds is 6. The molecule has 1 atom stereocenters. The van der Waals surface area contributed by atoms with Crippen LogP contribution in [0.2, 0.25) is 0 Å². The van der Waals surface area contributed by atoms with Crippen molar-refractivity contribution in [2.24, 2.45) is 0 Å². The van der Waals surface area contributed by atoms with E-state index in [-0.39, 0.29) is 30.1 Å². The van der Waals surface area contributed by atoms with Gasteiger partial charge in [-0.25, -0.2) is 4.39 Å². The summed E-state index contributed by atoms with van der Waals surface area (Å²) in [5.74, 6) is 0.518. The van der Waals surface area contributed by atoms with Gasteiger partial charge in [0.25, 0.3) is 5.91 Å². The van der Waals surface area contributed by atoms with Crippen LogP contribution >= 0.6 is 0 Å². The van der Waals surface area contributed by atoms with Crippen LogP contribution < -0.4 is 4.74 Å². The maximum Gasteiger partial charge on any atom is 0.253 e. The minimum absolute atomic E-state index is 0.0313. The molecule has 30 heavy (non-hydrogen) atoms. The molecule has 2 saturated heterocycles. The number of amides is 2. The highest BCUT2D eigenvalue weighted by molar-refractivity contribution is 5.94. The molecule has 0 aromatic heterocycles. The lowest BCUT2D eigenvalue weighted by Crippen LogP contribution is -2.39. The van der Waals surface area contributed by atoms with Crippen LogP contribution in [-0.2, 0) is 11.2 Å². The SMILES string of the molecule is O=C(c1ccc(OCC2CCCN2C(=O)Cc2ccc(F)cc2)cc1)N1CCCC1. The molecule has 0 bridgehead atoms. The molecule has 158 valence electrons. The molecule has 2 heterocycles. The van der Waals surface area contributed by atoms with Gasteiger partial charge < -0.3 is 14.5 Å². The summed E-state index contributed by atoms with van der Waals surface area (Å²) in [6.07, 6.45) is 4.27. The lowest BCUT2D eigenvalue weighted by molar-refractivity contribution is -0.131. The first-order valence-electron chi connectivity index (χ1n) is 10.7. The van der Waals surface area contributed by atoms with Crippen LogP contribution in [0.25, 0.3) is 0 Å². The Kier molecular flexibility index (Phi) is 6.31. The summed E-state index contributed by atoms with van der Waals surface area (Å²) in [5.41, 5.74) is 1.49. The lowest BCUT2D eigenvalue weighted by Gasteiger charge is -2.25. The number of halogens is 1. The second-order valence-electron chi connectivity index (χ2n) is 8.02. The van der Waals surface area contributed by atoms with Crippen LogP contribution in [0.5, 0.6) is 5.75 Å². The summed E-state index contributed by atoms with van der Waals surface area (Å²) < 4.78 is 19.0. The van der Waals surface area contributed by atoms with Crippen molar-refractivity contribution in [1.29, 1.82) is 0 Å². The smallest absolute Gasteiger partial charge is 0.253 e. The highest BCUT2D eigenvalue weighted by Gasteiger charge is 2.29. The molecular formula is C24H27FN2O3. The first-order chi connectivity index (χ1) is 14.6. The second-order valence-corrected chi connectivity index (χ2v) is 8.02. The largest absolute Gasteiger partial charge is 0.491 e. The molecule has 0 radical (unpaired) electrons. The van der Waals surface area contributed by atoms with Crippen molar-refractivity contribution in [3.63, 3.8) is 0 Å². The number of nitrogens with zero attached hydrogens (tertiary/aromatic N) is 2. The summed E-state index contributed by atoms with van der Waals surface area (Å²) in [5, 5.41) is 0. The van der Waals surface area contributed by atoms with E-state index in [1.807, 2.05) is 34.1 Å². The molecule has 2 aromatic rings. The number of hydrogen-bond acceptors (Lipinski definition) is 3. The predicted molar refractivity (Wildman–Crippen MR) is 112 cm³/mol. The van der Waals surface area contributed by atoms with Crippen LogP contribution in [0.1, 0.15) is 41.6 Å². The van der Waals surface area contributed by atoms with Gasteiger partial charge in [-0.15, -0.1) is 0 Å². The third kappa shape index (κ3) is 4.81. The van der Waals surface area contributed by atoms with Crippen LogP contribution in [0.4, 0.5) is 4.39 Å². The highest BCUT2D eigenvalue weighted by Crippen LogP contribution is 2.22. The van der Waals surface area contributed by atoms with Crippen LogP contribution in [-0.4, -0.2) is 53.9 Å². The Labute approximate surface area is 176 Å². The predicted octanol–water partition coefficient (Wildman–Crippen LogP) is 3.67. The van der Waals surface area contributed by atoms with E-state index in [4.69, 9.17) is 4.74 Å². The van der Waals surface area contributed by atoms with Gasteiger partial charge >= 0.3 is 0 Å². The van der Waals surface area contributed by atoms with Gasteiger partial charge in [-0.2, -0.15) is 0 Å². The van der Waals surface area contributed by atoms with E-state index in [9.17, 15) is 14.0 Å². The Morgan fingerprint density at radius 2 is 1.63 bits per heavy atom. The molecule has 2 aromatic carbocycles. The van der Waals surface area contributed by atoms with Gasteiger partial charge in [0.1, 0.15) is 18.2 Å². The first kappa shape index (κ1) is 20.4. The Balaban J connectivity index is 1.30. The summed E-state index contributed by atoms with van der Waals surface area (Å²) >= 11 is 0. The van der Waals surface area contributed by atoms with Gasteiger partial charge in [0, 0.05) is 25.2 Å². The van der Waals surface area contributed by atoms with Crippen molar-refractivity contribution in [1.82, 2.24) is 9.80 Å². The van der Waals surface area contributed by atoms with Gasteiger partial charge in [-0.05, 0) is 67.6 Å². The molecule has 0 spiro atoms. The molecule has 5 nitrogen and oxygen atoms in total. The summed E-state index contributed by atoms with van der Waals surface area (Å²) in [6, 6.07) is 13.4. The van der Waals surface area contributed by atoms with Gasteiger partial charge in [0.05, 0.1) is 12.5 Å². The minimum atomic E-state index is -0.299. The number of benzene rings is 2. The maximum atomic E-state index is 13.1. The average molecular weight is 410 g/mol. The molecule has 2 aliphatic heterocycles. The molecule has 0 aliphatic carbocycles. The highest BCUT2D eigenvalue weighted by atomic mass is 19.1. The molecule has 2 aliphatic rings. The van der Waals surface area contributed by atoms with E-state index in [2.05, 4.69) is 0 Å². The fraction of sp³-hybridized carbons (Fsp3) is 0.417. The van der Waals surface area contributed by atoms with Crippen molar-refractivity contribution >= 4 is 11.8 Å². The number of carbonyl (C=O) groups is 2. The van der Waals surface area contributed by atoms with E-state index in [0.29, 0.717) is 17.9 Å². The lowest BCUT2D eigenvalue weighted by atomic mass is 10.1. The molecule has 2 fully saturated rings. The van der Waals surface area contributed by atoms with Gasteiger partial charge in [0.15, 0.2) is 0 Å². The number of hydrogen-bond donors (Lipinski definition) is 0. The Hall–Kier alpha value is -2.89. The van der Waals surface area contributed by atoms with Gasteiger partial charge in [0.2, 0.25) is 5.91 Å². The summed E-state index contributed by atoms with van der Waals surface area (Å²) in [6.45, 7) is 2.81. The molecule has 0 N–H and O–H groups in total. The Morgan fingerprint density at radius 1 is 0.933 bits per heavy atom. The molecule has 6 heteroatoms. The zero-order valence-electron chi connectivity index (χ0n) is 17.1. The van der Waals surface area contributed by atoms with Crippen molar-refractivity contribution < 1.29 is 18.7 Å². The van der Waals surface area contributed by atoms with Crippen molar-refractivity contribution in [2.45, 2.75) is 38.1 Å². The van der Waals surface area contributed by atoms with Crippen LogP contribution in [0, 0.1) is 5.82 Å². The Morgan fingerprint density at radius 3 is 2.33 bits per heavy atom. The van der Waals surface area contributed by atoms with Gasteiger partial charge in [-0.1, -0.05) is 12.1 Å². The molecular weight excluding hydrogens is 383 g/mol. The number of carbonyl (C=O) groups excluding carboxylic acids is 2. The molecule has 1 unspecified atom stereocenters. The van der Waals surface area contributed by atoms with Gasteiger partial charge in [-0.3, -0.25) is 9.59 Å². The maximum absolute atomic E-state index is 13.1. The second kappa shape index (κ2) is 9.28. The van der Waals surface area contributed by atoms with Crippen molar-refractivity contribution in [3.05, 3.63) is 65.5 Å². The fourth-order valence-corrected chi connectivity index (χ4v) is 4.20. The van der Waals surface area contributed by atoms with Crippen molar-refractivity contribution in [2.75, 3.05) is 26.2 Å². The standard InChI is InChI=1S/C24H27FN2O3/c25-20-9-5-18(6-10-20)16-23(28)27-15-3-4-21(27)17-30-22-11-7-19(8-12-22)24(29)26-13-1-2-14-26/h5-12,21H,1-4,13-17H2. The van der Waals surface area contributed by atoms with Crippen LogP contribution in [0.3, 0.4) is 0 Å². The molecule has 4 rings (SSSR count). The zero-order valence-corrected chi connectivity index (χ0v) is 17.1. The minimum Gasteiger partial charge on any atom is -0.491 e. The first-order valence-corrected chi connectivity index (χ1v) is 10.7. The topological polar surface area (TPSA) is 49.9 Å². The third-order valence-corrected chi connectivity index (χ3v) is 5.90. The monoisotopic (exact) mass is 410 g/mol. The Bertz CT molecular complexity index is 876. The zero-order chi connectivity index (χ0) is 20.9. The average Bonchev–Trinajstić information content (AvgIpc) is 3.46. The molecule has 0 saturated carbocycles. The van der Waals surface area contributed by atoms with E-state index >= 15 is 0 Å². The normalized spacial score (nSPS) is 18.6. The van der Waals surface area contributed by atoms with E-state index in [0.717, 1.165) is 50.9 Å². The summed E-state index contributed by atoms with van der Waals surface area (Å²) in [7, 11) is 0. The van der Waals surface area contributed by atoms with E-state index in [1.54, 1.807) is 12.1 Å². The van der Waals surface area contributed by atoms with Crippen molar-refractivity contribution in [3.8, 4) is 5.75 Å². The van der Waals surface area contributed by atoms with E-state index < -0.39 is 0 Å². The number of ether oxygens (including phenoxy) is 1. The van der Waals surface area contributed by atoms with Crippen LogP contribution in [0.15, 0.2) is 48.5 Å².